The standard InChI is InChI=1S/C30H34N2O3S/c1-29(2,3)21-12-10-19(11-13-21)27(33)20-8-7-9-22(16-20)31-28(36)32-25-18-30(4,5)35-26-17-23(34-6)14-15-24(25)26/h7-17,25H,18H2,1-6H3,(H2,31,32,36)/t25-/m1/s1. The number of ketones is 1. The van der Waals surface area contributed by atoms with E-state index in [0.717, 1.165) is 29.2 Å². The average molecular weight is 503 g/mol. The molecule has 0 saturated carbocycles. The van der Waals surface area contributed by atoms with E-state index in [2.05, 4.69) is 45.3 Å². The number of carbonyl (C=O) groups excluding carboxylic acids is 1. The molecule has 0 fully saturated rings. The van der Waals surface area contributed by atoms with Crippen LogP contribution >= 0.6 is 12.2 Å². The molecule has 3 aromatic rings. The van der Waals surface area contributed by atoms with Gasteiger partial charge in [-0.3, -0.25) is 4.79 Å². The van der Waals surface area contributed by atoms with Crippen LogP contribution in [0.2, 0.25) is 0 Å². The third-order valence-corrected chi connectivity index (χ3v) is 6.60. The van der Waals surface area contributed by atoms with Crippen LogP contribution in [0.4, 0.5) is 5.69 Å². The minimum Gasteiger partial charge on any atom is -0.497 e. The van der Waals surface area contributed by atoms with Crippen molar-refractivity contribution < 1.29 is 14.3 Å². The lowest BCUT2D eigenvalue weighted by Gasteiger charge is -2.38. The number of methoxy groups -OCH3 is 1. The summed E-state index contributed by atoms with van der Waals surface area (Å²) in [6, 6.07) is 21.1. The van der Waals surface area contributed by atoms with Gasteiger partial charge in [0.25, 0.3) is 0 Å². The largest absolute Gasteiger partial charge is 0.497 e. The molecule has 0 aliphatic carbocycles. The normalized spacial score (nSPS) is 16.3. The van der Waals surface area contributed by atoms with E-state index in [-0.39, 0.29) is 22.8 Å². The first-order valence-corrected chi connectivity index (χ1v) is 12.6. The summed E-state index contributed by atoms with van der Waals surface area (Å²) in [5.74, 6) is 1.52. The number of thiocarbonyl (C=S) groups is 1. The van der Waals surface area contributed by atoms with Gasteiger partial charge in [-0.15, -0.1) is 0 Å². The Labute approximate surface area is 219 Å². The fourth-order valence-corrected chi connectivity index (χ4v) is 4.70. The Morgan fingerprint density at radius 3 is 2.42 bits per heavy atom. The van der Waals surface area contributed by atoms with Gasteiger partial charge in [-0.2, -0.15) is 0 Å². The molecule has 0 aromatic heterocycles. The molecular weight excluding hydrogens is 468 g/mol. The summed E-state index contributed by atoms with van der Waals surface area (Å²) in [4.78, 5) is 13.1. The van der Waals surface area contributed by atoms with Crippen molar-refractivity contribution in [1.82, 2.24) is 5.32 Å². The molecule has 0 bridgehead atoms. The van der Waals surface area contributed by atoms with E-state index >= 15 is 0 Å². The molecule has 0 saturated heterocycles. The lowest BCUT2D eigenvalue weighted by molar-refractivity contribution is 0.0693. The van der Waals surface area contributed by atoms with Gasteiger partial charge in [-0.1, -0.05) is 57.2 Å². The summed E-state index contributed by atoms with van der Waals surface area (Å²) in [6.45, 7) is 10.6. The average Bonchev–Trinajstić information content (AvgIpc) is 2.82. The van der Waals surface area contributed by atoms with Gasteiger partial charge in [-0.05, 0) is 61.3 Å². The highest BCUT2D eigenvalue weighted by Crippen LogP contribution is 2.41. The molecule has 1 aliphatic heterocycles. The van der Waals surface area contributed by atoms with Crippen molar-refractivity contribution >= 4 is 28.8 Å². The maximum Gasteiger partial charge on any atom is 0.193 e. The summed E-state index contributed by atoms with van der Waals surface area (Å²) in [6.07, 6.45) is 0.747. The van der Waals surface area contributed by atoms with Crippen molar-refractivity contribution in [3.63, 3.8) is 0 Å². The minimum absolute atomic E-state index is 0.0213. The van der Waals surface area contributed by atoms with Crippen LogP contribution in [0, 0.1) is 0 Å². The maximum absolute atomic E-state index is 13.1. The van der Waals surface area contributed by atoms with Crippen LogP contribution in [0.3, 0.4) is 0 Å². The minimum atomic E-state index is -0.360. The summed E-state index contributed by atoms with van der Waals surface area (Å²) < 4.78 is 11.5. The summed E-state index contributed by atoms with van der Waals surface area (Å²) in [7, 11) is 1.64. The van der Waals surface area contributed by atoms with Crippen molar-refractivity contribution in [2.75, 3.05) is 12.4 Å². The van der Waals surface area contributed by atoms with Crippen molar-refractivity contribution in [2.24, 2.45) is 0 Å². The molecule has 0 unspecified atom stereocenters. The summed E-state index contributed by atoms with van der Waals surface area (Å²) in [5.41, 5.74) is 3.94. The van der Waals surface area contributed by atoms with E-state index in [4.69, 9.17) is 21.7 Å². The summed E-state index contributed by atoms with van der Waals surface area (Å²) in [5, 5.41) is 7.16. The predicted molar refractivity (Wildman–Crippen MR) is 149 cm³/mol. The van der Waals surface area contributed by atoms with Crippen molar-refractivity contribution in [3.05, 3.63) is 89.0 Å². The number of rotatable bonds is 5. The fourth-order valence-electron chi connectivity index (χ4n) is 4.44. The molecule has 1 aliphatic rings. The first kappa shape index (κ1) is 25.7. The van der Waals surface area contributed by atoms with Crippen LogP contribution in [-0.4, -0.2) is 23.6 Å². The van der Waals surface area contributed by atoms with Gasteiger partial charge in [0.1, 0.15) is 17.1 Å². The molecule has 188 valence electrons. The van der Waals surface area contributed by atoms with Crippen LogP contribution < -0.4 is 20.1 Å². The first-order valence-electron chi connectivity index (χ1n) is 12.1. The van der Waals surface area contributed by atoms with E-state index in [0.29, 0.717) is 16.2 Å². The Morgan fingerprint density at radius 1 is 1.03 bits per heavy atom. The van der Waals surface area contributed by atoms with Gasteiger partial charge in [0.15, 0.2) is 10.9 Å². The summed E-state index contributed by atoms with van der Waals surface area (Å²) >= 11 is 5.65. The van der Waals surface area contributed by atoms with Gasteiger partial charge in [-0.25, -0.2) is 0 Å². The lowest BCUT2D eigenvalue weighted by atomic mass is 9.86. The molecule has 3 aromatic carbocycles. The number of ether oxygens (including phenoxy) is 2. The van der Waals surface area contributed by atoms with Gasteiger partial charge in [0.05, 0.1) is 13.2 Å². The fraction of sp³-hybridized carbons (Fsp3) is 0.333. The predicted octanol–water partition coefficient (Wildman–Crippen LogP) is 6.81. The quantitative estimate of drug-likeness (QED) is 0.295. The molecule has 2 N–H and O–H groups in total. The smallest absolute Gasteiger partial charge is 0.193 e. The van der Waals surface area contributed by atoms with Crippen molar-refractivity contribution in [3.8, 4) is 11.5 Å². The molecule has 36 heavy (non-hydrogen) atoms. The first-order chi connectivity index (χ1) is 16.9. The zero-order valence-electron chi connectivity index (χ0n) is 21.8. The molecule has 0 radical (unpaired) electrons. The molecule has 0 amide bonds. The van der Waals surface area contributed by atoms with Gasteiger partial charge in [0.2, 0.25) is 0 Å². The van der Waals surface area contributed by atoms with Crippen LogP contribution in [-0.2, 0) is 5.41 Å². The molecule has 6 heteroatoms. The second-order valence-corrected chi connectivity index (χ2v) is 11.3. The van der Waals surface area contributed by atoms with Crippen LogP contribution in [0.5, 0.6) is 11.5 Å². The second-order valence-electron chi connectivity index (χ2n) is 10.9. The SMILES string of the molecule is COc1ccc2c(c1)OC(C)(C)C[C@H]2NC(=S)Nc1cccc(C(=O)c2ccc(C(C)(C)C)cc2)c1. The number of nitrogens with one attached hydrogen (secondary N) is 2. The third kappa shape index (κ3) is 5.88. The molecule has 0 spiro atoms. The molecular formula is C30H34N2O3S. The van der Waals surface area contributed by atoms with Crippen molar-refractivity contribution in [1.29, 1.82) is 0 Å². The van der Waals surface area contributed by atoms with Gasteiger partial charge >= 0.3 is 0 Å². The van der Waals surface area contributed by atoms with E-state index in [1.54, 1.807) is 7.11 Å². The van der Waals surface area contributed by atoms with Gasteiger partial charge < -0.3 is 20.1 Å². The number of anilines is 1. The Morgan fingerprint density at radius 2 is 1.75 bits per heavy atom. The Kier molecular flexibility index (Phi) is 7.10. The number of hydrogen-bond acceptors (Lipinski definition) is 4. The number of fused-ring (bicyclic) bond motifs is 1. The number of carbonyl (C=O) groups is 1. The Hall–Kier alpha value is -3.38. The highest BCUT2D eigenvalue weighted by Gasteiger charge is 2.34. The second kappa shape index (κ2) is 9.94. The molecule has 5 nitrogen and oxygen atoms in total. The number of benzene rings is 3. The van der Waals surface area contributed by atoms with Gasteiger partial charge in [0, 0.05) is 34.9 Å². The number of hydrogen-bond donors (Lipinski definition) is 2. The van der Waals surface area contributed by atoms with E-state index in [9.17, 15) is 4.79 Å². The molecule has 1 heterocycles. The highest BCUT2D eigenvalue weighted by atomic mass is 32.1. The Balaban J connectivity index is 1.47. The van der Waals surface area contributed by atoms with Crippen molar-refractivity contribution in [2.45, 2.75) is 58.1 Å². The van der Waals surface area contributed by atoms with E-state index in [1.165, 1.54) is 5.56 Å². The maximum atomic E-state index is 13.1. The molecule has 4 rings (SSSR count). The van der Waals surface area contributed by atoms with E-state index < -0.39 is 0 Å². The third-order valence-electron chi connectivity index (χ3n) is 6.38. The topological polar surface area (TPSA) is 59.6 Å². The Bertz CT molecular complexity index is 1280. The van der Waals surface area contributed by atoms with Crippen LogP contribution in [0.25, 0.3) is 0 Å². The zero-order chi connectivity index (χ0) is 26.1. The molecule has 1 atom stereocenters. The zero-order valence-corrected chi connectivity index (χ0v) is 22.6. The van der Waals surface area contributed by atoms with E-state index in [1.807, 2.05) is 66.7 Å². The van der Waals surface area contributed by atoms with Crippen LogP contribution in [0.15, 0.2) is 66.7 Å². The lowest BCUT2D eigenvalue weighted by Crippen LogP contribution is -2.42. The highest BCUT2D eigenvalue weighted by molar-refractivity contribution is 7.80. The monoisotopic (exact) mass is 502 g/mol. The van der Waals surface area contributed by atoms with Crippen LogP contribution in [0.1, 0.15) is 74.1 Å².